The topological polar surface area (TPSA) is 34.0 Å². The molecule has 0 aromatic carbocycles. The van der Waals surface area contributed by atoms with E-state index in [-0.39, 0.29) is 6.04 Å². The van der Waals surface area contributed by atoms with Gasteiger partial charge >= 0.3 is 6.18 Å². The van der Waals surface area contributed by atoms with E-state index in [9.17, 15) is 13.2 Å². The van der Waals surface area contributed by atoms with Crippen molar-refractivity contribution >= 4 is 5.69 Å². The molecule has 3 rings (SSSR count). The van der Waals surface area contributed by atoms with E-state index in [0.717, 1.165) is 42.4 Å². The van der Waals surface area contributed by atoms with Gasteiger partial charge in [-0.05, 0) is 38.8 Å². The Balaban J connectivity index is 1.99. The molecule has 3 heterocycles. The first-order chi connectivity index (χ1) is 10.8. The number of hydrogen-bond acceptors (Lipinski definition) is 3. The molecule has 0 bridgehead atoms. The summed E-state index contributed by atoms with van der Waals surface area (Å²) in [6.45, 7) is 4.69. The van der Waals surface area contributed by atoms with Crippen LogP contribution in [-0.4, -0.2) is 21.3 Å². The lowest BCUT2D eigenvalue weighted by Crippen LogP contribution is -2.24. The third kappa shape index (κ3) is 2.80. The molecule has 0 aliphatic carbocycles. The monoisotopic (exact) mass is 324 g/mol. The predicted molar refractivity (Wildman–Crippen MR) is 81.2 cm³/mol. The summed E-state index contributed by atoms with van der Waals surface area (Å²) in [5.41, 5.74) is 2.84. The molecular weight excluding hydrogens is 305 g/mol. The fourth-order valence-electron chi connectivity index (χ4n) is 3.40. The molecule has 124 valence electrons. The van der Waals surface area contributed by atoms with E-state index in [4.69, 9.17) is 0 Å². The number of pyridine rings is 1. The Morgan fingerprint density at radius 3 is 2.61 bits per heavy atom. The highest BCUT2D eigenvalue weighted by Gasteiger charge is 2.35. The van der Waals surface area contributed by atoms with Gasteiger partial charge in [0.2, 0.25) is 0 Å². The number of anilines is 1. The van der Waals surface area contributed by atoms with Gasteiger partial charge in [-0.2, -0.15) is 18.3 Å². The number of hydrogen-bond donors (Lipinski definition) is 0. The van der Waals surface area contributed by atoms with E-state index in [2.05, 4.69) is 10.1 Å². The maximum Gasteiger partial charge on any atom is 0.433 e. The minimum absolute atomic E-state index is 0.0622. The van der Waals surface area contributed by atoms with E-state index in [1.807, 2.05) is 30.5 Å². The Labute approximate surface area is 132 Å². The molecule has 0 radical (unpaired) electrons. The molecule has 0 spiro atoms. The van der Waals surface area contributed by atoms with Crippen molar-refractivity contribution < 1.29 is 13.2 Å². The number of nitrogens with zero attached hydrogens (tertiary/aromatic N) is 4. The summed E-state index contributed by atoms with van der Waals surface area (Å²) in [6, 6.07) is 2.85. The molecular formula is C16H19F3N4. The maximum absolute atomic E-state index is 12.9. The van der Waals surface area contributed by atoms with Crippen LogP contribution in [0, 0.1) is 13.8 Å². The van der Waals surface area contributed by atoms with Crippen LogP contribution < -0.4 is 4.90 Å². The highest BCUT2D eigenvalue weighted by Crippen LogP contribution is 2.39. The summed E-state index contributed by atoms with van der Waals surface area (Å²) < 4.78 is 40.6. The summed E-state index contributed by atoms with van der Waals surface area (Å²) in [5, 5.41) is 4.44. The normalized spacial score (nSPS) is 18.7. The van der Waals surface area contributed by atoms with Crippen molar-refractivity contribution in [2.24, 2.45) is 7.05 Å². The van der Waals surface area contributed by atoms with Gasteiger partial charge in [0, 0.05) is 36.7 Å². The zero-order chi connectivity index (χ0) is 16.8. The van der Waals surface area contributed by atoms with Crippen LogP contribution in [0.15, 0.2) is 18.3 Å². The van der Waals surface area contributed by atoms with Crippen molar-refractivity contribution in [3.8, 4) is 0 Å². The molecule has 2 aromatic rings. The van der Waals surface area contributed by atoms with E-state index in [1.54, 1.807) is 6.07 Å². The van der Waals surface area contributed by atoms with Gasteiger partial charge in [-0.15, -0.1) is 0 Å². The summed E-state index contributed by atoms with van der Waals surface area (Å²) in [5.74, 6) is 0. The minimum atomic E-state index is -4.43. The van der Waals surface area contributed by atoms with Crippen molar-refractivity contribution in [1.82, 2.24) is 14.8 Å². The molecule has 1 aliphatic rings. The van der Waals surface area contributed by atoms with Gasteiger partial charge in [0.15, 0.2) is 0 Å². The molecule has 0 amide bonds. The number of aromatic nitrogens is 3. The number of aryl methyl sites for hydroxylation is 2. The SMILES string of the molecule is Cc1nn(C)c(C)c1[C@@H]1CCCN1c1ccnc(C(F)(F)F)c1. The second-order valence-electron chi connectivity index (χ2n) is 5.96. The zero-order valence-corrected chi connectivity index (χ0v) is 13.4. The Hall–Kier alpha value is -2.05. The van der Waals surface area contributed by atoms with Gasteiger partial charge in [0.05, 0.1) is 11.7 Å². The Morgan fingerprint density at radius 2 is 2.00 bits per heavy atom. The van der Waals surface area contributed by atoms with Crippen LogP contribution in [0.4, 0.5) is 18.9 Å². The highest BCUT2D eigenvalue weighted by molar-refractivity contribution is 5.51. The molecule has 1 atom stereocenters. The third-order valence-corrected chi connectivity index (χ3v) is 4.52. The van der Waals surface area contributed by atoms with Crippen LogP contribution in [0.5, 0.6) is 0 Å². The van der Waals surface area contributed by atoms with Crippen LogP contribution >= 0.6 is 0 Å². The van der Waals surface area contributed by atoms with Crippen LogP contribution in [0.1, 0.15) is 41.5 Å². The minimum Gasteiger partial charge on any atom is -0.364 e. The molecule has 7 heteroatoms. The van der Waals surface area contributed by atoms with Crippen molar-refractivity contribution in [3.63, 3.8) is 0 Å². The molecule has 2 aromatic heterocycles. The van der Waals surface area contributed by atoms with Crippen molar-refractivity contribution in [1.29, 1.82) is 0 Å². The predicted octanol–water partition coefficient (Wildman–Crippen LogP) is 3.79. The van der Waals surface area contributed by atoms with Gasteiger partial charge in [0.1, 0.15) is 5.69 Å². The number of halogens is 3. The molecule has 1 aliphatic heterocycles. The summed E-state index contributed by atoms with van der Waals surface area (Å²) in [7, 11) is 1.89. The lowest BCUT2D eigenvalue weighted by atomic mass is 10.0. The van der Waals surface area contributed by atoms with Gasteiger partial charge in [-0.1, -0.05) is 0 Å². The van der Waals surface area contributed by atoms with Crippen molar-refractivity contribution in [2.45, 2.75) is 38.9 Å². The summed E-state index contributed by atoms with van der Waals surface area (Å²) in [6.07, 6.45) is -1.33. The quantitative estimate of drug-likeness (QED) is 0.843. The molecule has 4 nitrogen and oxygen atoms in total. The third-order valence-electron chi connectivity index (χ3n) is 4.52. The lowest BCUT2D eigenvalue weighted by molar-refractivity contribution is -0.141. The van der Waals surface area contributed by atoms with E-state index in [0.29, 0.717) is 5.69 Å². The molecule has 0 saturated carbocycles. The molecule has 1 saturated heterocycles. The Bertz CT molecular complexity index is 721. The van der Waals surface area contributed by atoms with Gasteiger partial charge in [0.25, 0.3) is 0 Å². The van der Waals surface area contributed by atoms with Crippen LogP contribution in [0.25, 0.3) is 0 Å². The average molecular weight is 324 g/mol. The van der Waals surface area contributed by atoms with Crippen LogP contribution in [-0.2, 0) is 13.2 Å². The van der Waals surface area contributed by atoms with E-state index < -0.39 is 11.9 Å². The highest BCUT2D eigenvalue weighted by atomic mass is 19.4. The zero-order valence-electron chi connectivity index (χ0n) is 13.4. The largest absolute Gasteiger partial charge is 0.433 e. The number of rotatable bonds is 2. The Kier molecular flexibility index (Phi) is 3.82. The number of alkyl halides is 3. The smallest absolute Gasteiger partial charge is 0.364 e. The fourth-order valence-corrected chi connectivity index (χ4v) is 3.40. The Morgan fingerprint density at radius 1 is 1.26 bits per heavy atom. The molecule has 1 fully saturated rings. The molecule has 23 heavy (non-hydrogen) atoms. The first-order valence-corrected chi connectivity index (χ1v) is 7.59. The van der Waals surface area contributed by atoms with E-state index >= 15 is 0 Å². The second kappa shape index (κ2) is 5.54. The molecule has 0 unspecified atom stereocenters. The molecule has 0 N–H and O–H groups in total. The fraction of sp³-hybridized carbons (Fsp3) is 0.500. The average Bonchev–Trinajstić information content (AvgIpc) is 3.04. The van der Waals surface area contributed by atoms with Gasteiger partial charge < -0.3 is 4.90 Å². The van der Waals surface area contributed by atoms with E-state index in [1.165, 1.54) is 6.20 Å². The first kappa shape index (κ1) is 15.8. The maximum atomic E-state index is 12.9. The lowest BCUT2D eigenvalue weighted by Gasteiger charge is -2.28. The standard InChI is InChI=1S/C16H19F3N4/c1-10-15(11(2)22(3)21-10)13-5-4-8-23(13)12-6-7-20-14(9-12)16(17,18)19/h6-7,9,13H,4-5,8H2,1-3H3/t13-/m0/s1. The van der Waals surface area contributed by atoms with Crippen LogP contribution in [0.3, 0.4) is 0 Å². The van der Waals surface area contributed by atoms with Gasteiger partial charge in [-0.25, -0.2) is 0 Å². The van der Waals surface area contributed by atoms with Crippen molar-refractivity contribution in [2.75, 3.05) is 11.4 Å². The summed E-state index contributed by atoms with van der Waals surface area (Å²) >= 11 is 0. The second-order valence-corrected chi connectivity index (χ2v) is 5.96. The van der Waals surface area contributed by atoms with Crippen LogP contribution in [0.2, 0.25) is 0 Å². The van der Waals surface area contributed by atoms with Crippen molar-refractivity contribution in [3.05, 3.63) is 41.0 Å². The summed E-state index contributed by atoms with van der Waals surface area (Å²) in [4.78, 5) is 5.49. The van der Waals surface area contributed by atoms with Gasteiger partial charge in [-0.3, -0.25) is 9.67 Å². The first-order valence-electron chi connectivity index (χ1n) is 7.59.